The number of aromatic nitrogens is 1. The van der Waals surface area contributed by atoms with Crippen LogP contribution in [-0.4, -0.2) is 11.5 Å². The van der Waals surface area contributed by atoms with Gasteiger partial charge in [-0.2, -0.15) is 0 Å². The normalized spacial score (nSPS) is 10.9. The van der Waals surface area contributed by atoms with Gasteiger partial charge in [0.1, 0.15) is 5.82 Å². The van der Waals surface area contributed by atoms with E-state index in [1.165, 1.54) is 6.07 Å². The first-order valence-electron chi connectivity index (χ1n) is 6.02. The van der Waals surface area contributed by atoms with Crippen molar-refractivity contribution in [2.45, 2.75) is 20.8 Å². The molecule has 1 N–H and O–H groups in total. The number of anilines is 1. The summed E-state index contributed by atoms with van der Waals surface area (Å²) < 4.78 is 13.1. The van der Waals surface area contributed by atoms with E-state index < -0.39 is 0 Å². The molecule has 0 bridgehead atoms. The standard InChI is InChI=1S/C14H17FN2S/c1-9(2)7-16-14-17-8-13(18-14)12-5-4-11(15)6-10(12)3/h4-6,8-9H,7H2,1-3H3,(H,16,17). The fourth-order valence-electron chi connectivity index (χ4n) is 1.68. The van der Waals surface area contributed by atoms with Crippen molar-refractivity contribution in [2.75, 3.05) is 11.9 Å². The van der Waals surface area contributed by atoms with Gasteiger partial charge in [-0.25, -0.2) is 9.37 Å². The van der Waals surface area contributed by atoms with Crippen molar-refractivity contribution in [3.63, 3.8) is 0 Å². The van der Waals surface area contributed by atoms with Gasteiger partial charge < -0.3 is 5.32 Å². The summed E-state index contributed by atoms with van der Waals surface area (Å²) in [4.78, 5) is 5.41. The molecule has 2 nitrogen and oxygen atoms in total. The molecule has 4 heteroatoms. The van der Waals surface area contributed by atoms with Crippen LogP contribution in [0.2, 0.25) is 0 Å². The number of nitrogens with zero attached hydrogens (tertiary/aromatic N) is 1. The van der Waals surface area contributed by atoms with Crippen molar-refractivity contribution in [1.82, 2.24) is 4.98 Å². The maximum Gasteiger partial charge on any atom is 0.183 e. The molecule has 18 heavy (non-hydrogen) atoms. The topological polar surface area (TPSA) is 24.9 Å². The zero-order chi connectivity index (χ0) is 13.1. The lowest BCUT2D eigenvalue weighted by Crippen LogP contribution is -2.07. The molecule has 0 saturated heterocycles. The van der Waals surface area contributed by atoms with Crippen LogP contribution < -0.4 is 5.32 Å². The Labute approximate surface area is 111 Å². The van der Waals surface area contributed by atoms with Crippen LogP contribution in [0.4, 0.5) is 9.52 Å². The molecule has 1 heterocycles. The summed E-state index contributed by atoms with van der Waals surface area (Å²) in [6, 6.07) is 4.85. The van der Waals surface area contributed by atoms with E-state index in [-0.39, 0.29) is 5.82 Å². The van der Waals surface area contributed by atoms with Gasteiger partial charge in [-0.05, 0) is 36.1 Å². The zero-order valence-corrected chi connectivity index (χ0v) is 11.6. The number of aryl methyl sites for hydroxylation is 1. The van der Waals surface area contributed by atoms with Crippen LogP contribution in [0.5, 0.6) is 0 Å². The van der Waals surface area contributed by atoms with E-state index in [0.29, 0.717) is 5.92 Å². The zero-order valence-electron chi connectivity index (χ0n) is 10.8. The largest absolute Gasteiger partial charge is 0.361 e. The fourth-order valence-corrected chi connectivity index (χ4v) is 2.59. The first-order chi connectivity index (χ1) is 8.56. The van der Waals surface area contributed by atoms with Gasteiger partial charge in [0, 0.05) is 12.7 Å². The van der Waals surface area contributed by atoms with Crippen molar-refractivity contribution >= 4 is 16.5 Å². The van der Waals surface area contributed by atoms with Crippen LogP contribution in [0, 0.1) is 18.7 Å². The van der Waals surface area contributed by atoms with E-state index >= 15 is 0 Å². The van der Waals surface area contributed by atoms with E-state index in [0.717, 1.165) is 27.7 Å². The summed E-state index contributed by atoms with van der Waals surface area (Å²) in [7, 11) is 0. The molecular formula is C14H17FN2S. The Morgan fingerprint density at radius 3 is 2.83 bits per heavy atom. The van der Waals surface area contributed by atoms with Gasteiger partial charge in [0.15, 0.2) is 5.13 Å². The molecule has 0 amide bonds. The maximum atomic E-state index is 13.1. The van der Waals surface area contributed by atoms with Crippen molar-refractivity contribution in [3.05, 3.63) is 35.8 Å². The van der Waals surface area contributed by atoms with Crippen LogP contribution >= 0.6 is 11.3 Å². The number of halogens is 1. The summed E-state index contributed by atoms with van der Waals surface area (Å²) in [5.74, 6) is 0.392. The highest BCUT2D eigenvalue weighted by Gasteiger charge is 2.07. The van der Waals surface area contributed by atoms with Crippen LogP contribution in [0.1, 0.15) is 19.4 Å². The number of rotatable bonds is 4. The molecule has 2 rings (SSSR count). The number of thiazole rings is 1. The molecule has 0 saturated carbocycles. The van der Waals surface area contributed by atoms with E-state index in [1.54, 1.807) is 17.4 Å². The van der Waals surface area contributed by atoms with Gasteiger partial charge in [0.25, 0.3) is 0 Å². The monoisotopic (exact) mass is 264 g/mol. The molecule has 1 aromatic heterocycles. The molecule has 1 aromatic carbocycles. The van der Waals surface area contributed by atoms with Gasteiger partial charge >= 0.3 is 0 Å². The van der Waals surface area contributed by atoms with Crippen molar-refractivity contribution < 1.29 is 4.39 Å². The first-order valence-corrected chi connectivity index (χ1v) is 6.84. The molecule has 96 valence electrons. The second kappa shape index (κ2) is 5.48. The molecule has 0 aliphatic heterocycles. The molecule has 0 atom stereocenters. The lowest BCUT2D eigenvalue weighted by molar-refractivity contribution is 0.627. The highest BCUT2D eigenvalue weighted by molar-refractivity contribution is 7.18. The second-order valence-corrected chi connectivity index (χ2v) is 5.79. The van der Waals surface area contributed by atoms with Gasteiger partial charge in [0.2, 0.25) is 0 Å². The summed E-state index contributed by atoms with van der Waals surface area (Å²) in [6.45, 7) is 7.14. The molecule has 0 fully saturated rings. The van der Waals surface area contributed by atoms with Crippen molar-refractivity contribution in [3.8, 4) is 10.4 Å². The first kappa shape index (κ1) is 13.0. The Hall–Kier alpha value is -1.42. The third-order valence-corrected chi connectivity index (χ3v) is 3.61. The van der Waals surface area contributed by atoms with Gasteiger partial charge in [-0.15, -0.1) is 0 Å². The lowest BCUT2D eigenvalue weighted by atomic mass is 10.1. The summed E-state index contributed by atoms with van der Waals surface area (Å²) in [5, 5.41) is 4.22. The summed E-state index contributed by atoms with van der Waals surface area (Å²) in [6.07, 6.45) is 1.84. The Morgan fingerprint density at radius 1 is 1.39 bits per heavy atom. The van der Waals surface area contributed by atoms with E-state index in [1.807, 2.05) is 19.2 Å². The Balaban J connectivity index is 2.18. The average molecular weight is 264 g/mol. The highest BCUT2D eigenvalue weighted by Crippen LogP contribution is 2.31. The highest BCUT2D eigenvalue weighted by atomic mass is 32.1. The van der Waals surface area contributed by atoms with Crippen LogP contribution in [-0.2, 0) is 0 Å². The fraction of sp³-hybridized carbons (Fsp3) is 0.357. The van der Waals surface area contributed by atoms with Gasteiger partial charge in [-0.3, -0.25) is 0 Å². The second-order valence-electron chi connectivity index (χ2n) is 4.76. The minimum absolute atomic E-state index is 0.195. The van der Waals surface area contributed by atoms with Gasteiger partial charge in [-0.1, -0.05) is 31.3 Å². The smallest absolute Gasteiger partial charge is 0.183 e. The molecular weight excluding hydrogens is 247 g/mol. The number of benzene rings is 1. The van der Waals surface area contributed by atoms with Gasteiger partial charge in [0.05, 0.1) is 4.88 Å². The van der Waals surface area contributed by atoms with Crippen LogP contribution in [0.15, 0.2) is 24.4 Å². The van der Waals surface area contributed by atoms with Crippen LogP contribution in [0.25, 0.3) is 10.4 Å². The van der Waals surface area contributed by atoms with E-state index in [9.17, 15) is 4.39 Å². The Morgan fingerprint density at radius 2 is 2.17 bits per heavy atom. The van der Waals surface area contributed by atoms with Crippen LogP contribution in [0.3, 0.4) is 0 Å². The SMILES string of the molecule is Cc1cc(F)ccc1-c1cnc(NCC(C)C)s1. The minimum atomic E-state index is -0.195. The molecule has 2 aromatic rings. The lowest BCUT2D eigenvalue weighted by Gasteiger charge is -2.04. The summed E-state index contributed by atoms with van der Waals surface area (Å²) >= 11 is 1.60. The Bertz CT molecular complexity index is 534. The number of hydrogen-bond acceptors (Lipinski definition) is 3. The maximum absolute atomic E-state index is 13.1. The van der Waals surface area contributed by atoms with Crippen molar-refractivity contribution in [1.29, 1.82) is 0 Å². The molecule has 0 spiro atoms. The van der Waals surface area contributed by atoms with E-state index in [4.69, 9.17) is 0 Å². The molecule has 0 radical (unpaired) electrons. The summed E-state index contributed by atoms with van der Waals surface area (Å²) in [5.41, 5.74) is 1.99. The molecule has 0 aliphatic carbocycles. The number of hydrogen-bond donors (Lipinski definition) is 1. The predicted octanol–water partition coefficient (Wildman–Crippen LogP) is 4.33. The average Bonchev–Trinajstić information content (AvgIpc) is 2.75. The quantitative estimate of drug-likeness (QED) is 0.889. The third kappa shape index (κ3) is 3.07. The minimum Gasteiger partial charge on any atom is -0.361 e. The van der Waals surface area contributed by atoms with E-state index in [2.05, 4.69) is 24.1 Å². The molecule has 0 unspecified atom stereocenters. The Kier molecular flexibility index (Phi) is 3.97. The number of nitrogens with one attached hydrogen (secondary N) is 1. The third-order valence-electron chi connectivity index (χ3n) is 2.62. The predicted molar refractivity (Wildman–Crippen MR) is 75.6 cm³/mol. The molecule has 0 aliphatic rings. The van der Waals surface area contributed by atoms with Crippen molar-refractivity contribution in [2.24, 2.45) is 5.92 Å².